The van der Waals surface area contributed by atoms with E-state index in [2.05, 4.69) is 20.1 Å². The maximum atomic E-state index is 12.0. The lowest BCUT2D eigenvalue weighted by atomic mass is 10.3. The number of methoxy groups -OCH3 is 1. The van der Waals surface area contributed by atoms with E-state index < -0.39 is 0 Å². The average molecular weight is 309 g/mol. The Balaban J connectivity index is 1.89. The number of aromatic nitrogens is 4. The summed E-state index contributed by atoms with van der Waals surface area (Å²) < 4.78 is 4.53. The maximum Gasteiger partial charge on any atom is 0.307 e. The van der Waals surface area contributed by atoms with Crippen molar-refractivity contribution in [1.29, 1.82) is 0 Å². The Morgan fingerprint density at radius 3 is 2.95 bits per heavy atom. The molecule has 0 unspecified atom stereocenters. The van der Waals surface area contributed by atoms with Gasteiger partial charge in [0.15, 0.2) is 0 Å². The van der Waals surface area contributed by atoms with Crippen molar-refractivity contribution in [1.82, 2.24) is 25.1 Å². The standard InChI is InChI=1S/C12H15N5O3S/c1-16(5-3-11(19)20-2)10(18)7-17-14-12(13-15-17)9-4-6-21-8-9/h4,6,8H,3,5,7H2,1-2H3. The third kappa shape index (κ3) is 4.09. The molecule has 2 aromatic heterocycles. The molecular formula is C12H15N5O3S. The fraction of sp³-hybridized carbons (Fsp3) is 0.417. The second-order valence-corrected chi connectivity index (χ2v) is 5.08. The lowest BCUT2D eigenvalue weighted by molar-refractivity contribution is -0.141. The van der Waals surface area contributed by atoms with Gasteiger partial charge in [-0.25, -0.2) is 0 Å². The number of amides is 1. The molecule has 112 valence electrons. The van der Waals surface area contributed by atoms with Gasteiger partial charge in [-0.2, -0.15) is 16.1 Å². The molecule has 0 saturated carbocycles. The molecule has 0 saturated heterocycles. The first-order valence-corrected chi connectivity index (χ1v) is 7.15. The highest BCUT2D eigenvalue weighted by Crippen LogP contribution is 2.16. The second kappa shape index (κ2) is 6.93. The molecule has 0 radical (unpaired) electrons. The van der Waals surface area contributed by atoms with Gasteiger partial charge < -0.3 is 9.64 Å². The zero-order valence-corrected chi connectivity index (χ0v) is 12.5. The predicted octanol–water partition coefficient (Wildman–Crippen LogP) is 0.423. The number of esters is 1. The van der Waals surface area contributed by atoms with E-state index in [1.54, 1.807) is 7.05 Å². The lowest BCUT2D eigenvalue weighted by Gasteiger charge is -2.15. The number of ether oxygens (including phenoxy) is 1. The van der Waals surface area contributed by atoms with Gasteiger partial charge >= 0.3 is 5.97 Å². The van der Waals surface area contributed by atoms with E-state index in [0.29, 0.717) is 5.82 Å². The van der Waals surface area contributed by atoms with Crippen LogP contribution in [0.25, 0.3) is 11.4 Å². The lowest BCUT2D eigenvalue weighted by Crippen LogP contribution is -2.32. The summed E-state index contributed by atoms with van der Waals surface area (Å²) in [6.07, 6.45) is 0.156. The van der Waals surface area contributed by atoms with Gasteiger partial charge in [-0.3, -0.25) is 9.59 Å². The molecule has 21 heavy (non-hydrogen) atoms. The third-order valence-electron chi connectivity index (χ3n) is 2.81. The quantitative estimate of drug-likeness (QED) is 0.719. The molecule has 0 fully saturated rings. The number of tetrazole rings is 1. The van der Waals surface area contributed by atoms with Crippen molar-refractivity contribution in [3.05, 3.63) is 16.8 Å². The van der Waals surface area contributed by atoms with Crippen LogP contribution in [0.5, 0.6) is 0 Å². The van der Waals surface area contributed by atoms with Crippen LogP contribution in [-0.4, -0.2) is 57.7 Å². The van der Waals surface area contributed by atoms with Crippen LogP contribution < -0.4 is 0 Å². The highest BCUT2D eigenvalue weighted by atomic mass is 32.1. The van der Waals surface area contributed by atoms with E-state index in [1.165, 1.54) is 28.1 Å². The number of hydrogen-bond donors (Lipinski definition) is 0. The van der Waals surface area contributed by atoms with Gasteiger partial charge in [0.25, 0.3) is 0 Å². The summed E-state index contributed by atoms with van der Waals surface area (Å²) in [6, 6.07) is 1.89. The zero-order chi connectivity index (χ0) is 15.2. The van der Waals surface area contributed by atoms with Crippen molar-refractivity contribution in [2.24, 2.45) is 0 Å². The van der Waals surface area contributed by atoms with Crippen LogP contribution >= 0.6 is 11.3 Å². The smallest absolute Gasteiger partial charge is 0.307 e. The number of rotatable bonds is 6. The Morgan fingerprint density at radius 2 is 2.29 bits per heavy atom. The predicted molar refractivity (Wildman–Crippen MR) is 75.4 cm³/mol. The summed E-state index contributed by atoms with van der Waals surface area (Å²) in [5.41, 5.74) is 0.873. The van der Waals surface area contributed by atoms with Crippen LogP contribution in [0.15, 0.2) is 16.8 Å². The fourth-order valence-corrected chi connectivity index (χ4v) is 2.18. The van der Waals surface area contributed by atoms with Crippen molar-refractivity contribution in [3.8, 4) is 11.4 Å². The molecule has 0 spiro atoms. The molecule has 2 heterocycles. The van der Waals surface area contributed by atoms with Crippen LogP contribution in [0.4, 0.5) is 0 Å². The molecule has 0 aliphatic heterocycles. The molecule has 2 aromatic rings. The van der Waals surface area contributed by atoms with Crippen molar-refractivity contribution >= 4 is 23.2 Å². The minimum absolute atomic E-state index is 0.0190. The Morgan fingerprint density at radius 1 is 1.48 bits per heavy atom. The van der Waals surface area contributed by atoms with E-state index >= 15 is 0 Å². The number of hydrogen-bond acceptors (Lipinski definition) is 7. The van der Waals surface area contributed by atoms with Crippen molar-refractivity contribution in [2.75, 3.05) is 20.7 Å². The first-order chi connectivity index (χ1) is 10.1. The topological polar surface area (TPSA) is 90.2 Å². The van der Waals surface area contributed by atoms with E-state index in [4.69, 9.17) is 0 Å². The van der Waals surface area contributed by atoms with Crippen LogP contribution in [0.3, 0.4) is 0 Å². The SMILES string of the molecule is COC(=O)CCN(C)C(=O)Cn1nnc(-c2ccsc2)n1. The highest BCUT2D eigenvalue weighted by Gasteiger charge is 2.14. The maximum absolute atomic E-state index is 12.0. The van der Waals surface area contributed by atoms with Crippen molar-refractivity contribution < 1.29 is 14.3 Å². The van der Waals surface area contributed by atoms with E-state index in [0.717, 1.165) is 5.56 Å². The number of thiophene rings is 1. The monoisotopic (exact) mass is 309 g/mol. The molecule has 0 N–H and O–H groups in total. The number of likely N-dealkylation sites (N-methyl/N-ethyl adjacent to an activating group) is 1. The van der Waals surface area contributed by atoms with Crippen LogP contribution in [0.2, 0.25) is 0 Å². The summed E-state index contributed by atoms with van der Waals surface area (Å²) in [7, 11) is 2.93. The minimum atomic E-state index is -0.353. The first kappa shape index (κ1) is 15.1. The van der Waals surface area contributed by atoms with Gasteiger partial charge in [0, 0.05) is 24.5 Å². The number of carbonyl (C=O) groups is 2. The molecule has 0 aliphatic carbocycles. The Labute approximate surface area is 125 Å². The van der Waals surface area contributed by atoms with E-state index in [1.807, 2.05) is 16.8 Å². The van der Waals surface area contributed by atoms with Gasteiger partial charge in [0.2, 0.25) is 11.7 Å². The van der Waals surface area contributed by atoms with Gasteiger partial charge in [-0.05, 0) is 16.7 Å². The number of carbonyl (C=O) groups excluding carboxylic acids is 2. The molecular weight excluding hydrogens is 294 g/mol. The zero-order valence-electron chi connectivity index (χ0n) is 11.7. The highest BCUT2D eigenvalue weighted by molar-refractivity contribution is 7.08. The van der Waals surface area contributed by atoms with E-state index in [9.17, 15) is 9.59 Å². The fourth-order valence-electron chi connectivity index (χ4n) is 1.54. The molecule has 0 bridgehead atoms. The largest absolute Gasteiger partial charge is 0.469 e. The van der Waals surface area contributed by atoms with Gasteiger partial charge in [-0.15, -0.1) is 10.2 Å². The van der Waals surface area contributed by atoms with Crippen molar-refractivity contribution in [3.63, 3.8) is 0 Å². The normalized spacial score (nSPS) is 10.4. The molecule has 0 aliphatic rings. The molecule has 9 heteroatoms. The average Bonchev–Trinajstić information content (AvgIpc) is 3.14. The summed E-state index contributed by atoms with van der Waals surface area (Å²) in [6.45, 7) is 0.270. The Bertz CT molecular complexity index is 610. The summed E-state index contributed by atoms with van der Waals surface area (Å²) in [5.74, 6) is -0.0669. The van der Waals surface area contributed by atoms with Gasteiger partial charge in [0.1, 0.15) is 6.54 Å². The van der Waals surface area contributed by atoms with Crippen LogP contribution in [-0.2, 0) is 20.9 Å². The molecule has 0 atom stereocenters. The second-order valence-electron chi connectivity index (χ2n) is 4.30. The molecule has 8 nitrogen and oxygen atoms in total. The van der Waals surface area contributed by atoms with Crippen LogP contribution in [0.1, 0.15) is 6.42 Å². The van der Waals surface area contributed by atoms with Gasteiger partial charge in [0.05, 0.1) is 13.5 Å². The van der Waals surface area contributed by atoms with E-state index in [-0.39, 0.29) is 31.4 Å². The number of nitrogens with zero attached hydrogens (tertiary/aromatic N) is 5. The molecule has 0 aromatic carbocycles. The van der Waals surface area contributed by atoms with Gasteiger partial charge in [-0.1, -0.05) is 0 Å². The Hall–Kier alpha value is -2.29. The summed E-state index contributed by atoms with van der Waals surface area (Å²) >= 11 is 1.54. The Kier molecular flexibility index (Phi) is 4.99. The summed E-state index contributed by atoms with van der Waals surface area (Å²) in [5, 5.41) is 15.7. The minimum Gasteiger partial charge on any atom is -0.469 e. The third-order valence-corrected chi connectivity index (χ3v) is 3.50. The summed E-state index contributed by atoms with van der Waals surface area (Å²) in [4.78, 5) is 25.7. The molecule has 1 amide bonds. The van der Waals surface area contributed by atoms with Crippen molar-refractivity contribution in [2.45, 2.75) is 13.0 Å². The molecule has 2 rings (SSSR count). The first-order valence-electron chi connectivity index (χ1n) is 6.21. The van der Waals surface area contributed by atoms with Crippen LogP contribution in [0, 0.1) is 0 Å².